The molecule has 462 valence electrons. The van der Waals surface area contributed by atoms with Crippen molar-refractivity contribution in [1.82, 2.24) is 4.57 Å². The van der Waals surface area contributed by atoms with Gasteiger partial charge in [0, 0.05) is 44.9 Å². The van der Waals surface area contributed by atoms with Crippen molar-refractivity contribution in [3.05, 3.63) is 214 Å². The summed E-state index contributed by atoms with van der Waals surface area (Å²) in [6.45, 7) is 56.9. The molecule has 0 radical (unpaired) electrons. The third-order valence-electron chi connectivity index (χ3n) is 19.7. The molecule has 0 fully saturated rings. The zero-order valence-corrected chi connectivity index (χ0v) is 59.1. The third-order valence-corrected chi connectivity index (χ3v) is 19.7. The van der Waals surface area contributed by atoms with Crippen LogP contribution in [0.3, 0.4) is 0 Å². The van der Waals surface area contributed by atoms with Crippen LogP contribution in [0.15, 0.2) is 170 Å². The first kappa shape index (κ1) is 62.6. The fourth-order valence-electron chi connectivity index (χ4n) is 14.2. The first-order valence-corrected chi connectivity index (χ1v) is 33.4. The van der Waals surface area contributed by atoms with Crippen molar-refractivity contribution >= 4 is 79.0 Å². The number of fused-ring (bicyclic) bond motifs is 7. The van der Waals surface area contributed by atoms with E-state index >= 15 is 0 Å². The molecular weight excluding hydrogens is 1090 g/mol. The molecule has 2 aliphatic heterocycles. The molecule has 0 atom stereocenters. The molecule has 9 aromatic carbocycles. The molecule has 0 saturated heterocycles. The lowest BCUT2D eigenvalue weighted by atomic mass is 9.33. The van der Waals surface area contributed by atoms with Crippen LogP contribution in [0, 0.1) is 0 Å². The van der Waals surface area contributed by atoms with Crippen LogP contribution in [0.2, 0.25) is 0 Å². The number of benzene rings is 9. The fraction of sp³-hybridized carbons (Fsp3) is 0.372. The Balaban J connectivity index is 1.35. The second-order valence-electron chi connectivity index (χ2n) is 35.0. The van der Waals surface area contributed by atoms with Gasteiger partial charge in [-0.3, -0.25) is 0 Å². The molecule has 10 aromatic rings. The number of hydrogen-bond acceptors (Lipinski definition) is 2. The van der Waals surface area contributed by atoms with E-state index in [1.54, 1.807) is 0 Å². The van der Waals surface area contributed by atoms with E-state index in [1.165, 1.54) is 139 Å². The monoisotopic (exact) mass is 1190 g/mol. The summed E-state index contributed by atoms with van der Waals surface area (Å²) >= 11 is 0. The Morgan fingerprint density at radius 3 is 0.889 bits per heavy atom. The van der Waals surface area contributed by atoms with Crippen LogP contribution in [0.5, 0.6) is 0 Å². The molecule has 0 spiro atoms. The zero-order valence-electron chi connectivity index (χ0n) is 59.1. The Hall–Kier alpha value is -7.56. The number of anilines is 6. The van der Waals surface area contributed by atoms with E-state index in [-0.39, 0.29) is 50.0 Å². The molecule has 2 aliphatic rings. The van der Waals surface area contributed by atoms with Gasteiger partial charge in [-0.1, -0.05) is 263 Å². The molecule has 4 heteroatoms. The van der Waals surface area contributed by atoms with Crippen LogP contribution in [-0.2, 0) is 43.3 Å². The first-order chi connectivity index (χ1) is 41.7. The molecule has 12 rings (SSSR count). The molecule has 1 aromatic heterocycles. The quantitative estimate of drug-likeness (QED) is 0.159. The van der Waals surface area contributed by atoms with Gasteiger partial charge in [0.2, 0.25) is 0 Å². The maximum atomic E-state index is 2.73. The largest absolute Gasteiger partial charge is 0.311 e. The van der Waals surface area contributed by atoms with Gasteiger partial charge in [0.1, 0.15) is 0 Å². The van der Waals surface area contributed by atoms with Crippen molar-refractivity contribution in [2.75, 3.05) is 9.80 Å². The normalized spacial score (nSPS) is 14.2. The fourth-order valence-corrected chi connectivity index (χ4v) is 14.2. The highest BCUT2D eigenvalue weighted by atomic mass is 15.2. The highest BCUT2D eigenvalue weighted by Crippen LogP contribution is 2.52. The molecule has 0 unspecified atom stereocenters. The van der Waals surface area contributed by atoms with E-state index in [0.717, 1.165) is 5.69 Å². The zero-order chi connectivity index (χ0) is 65.1. The van der Waals surface area contributed by atoms with Gasteiger partial charge in [0.25, 0.3) is 6.71 Å². The molecule has 0 bridgehead atoms. The standard InChI is InChI=1S/C86H100BN3/c1-79(2,3)55-35-37-72-66(45-55)67-46-56(80(4,5)6)36-38-73(67)88(72)63-47-76-78-77(48-63)90(62-43-59(83(13,14)15)40-60(44-62)84(16,17)18)75-52-69(86(22,23)24)65(54-33-29-26-30-34-54)50-71(75)87(78)70-49-64(53-31-27-25-28-32-53)68(85(19,20)21)51-74(70)89(76)61-41-57(81(7,8)9)39-58(42-61)82(10,11)12/h25-52H,1-24H3. The molecule has 0 N–H and O–H groups in total. The van der Waals surface area contributed by atoms with Crippen molar-refractivity contribution < 1.29 is 0 Å². The van der Waals surface area contributed by atoms with Gasteiger partial charge in [-0.2, -0.15) is 0 Å². The predicted molar refractivity (Wildman–Crippen MR) is 395 cm³/mol. The van der Waals surface area contributed by atoms with Gasteiger partial charge in [-0.25, -0.2) is 0 Å². The Morgan fingerprint density at radius 1 is 0.267 bits per heavy atom. The first-order valence-electron chi connectivity index (χ1n) is 33.4. The van der Waals surface area contributed by atoms with E-state index in [9.17, 15) is 0 Å². The van der Waals surface area contributed by atoms with Gasteiger partial charge in [0.15, 0.2) is 0 Å². The average Bonchev–Trinajstić information content (AvgIpc) is 0.763. The molecule has 0 aliphatic carbocycles. The summed E-state index contributed by atoms with van der Waals surface area (Å²) in [6, 6.07) is 67.9. The van der Waals surface area contributed by atoms with E-state index in [4.69, 9.17) is 0 Å². The lowest BCUT2D eigenvalue weighted by molar-refractivity contribution is 0.568. The summed E-state index contributed by atoms with van der Waals surface area (Å²) < 4.78 is 2.62. The van der Waals surface area contributed by atoms with Crippen molar-refractivity contribution in [3.8, 4) is 27.9 Å². The number of aromatic nitrogens is 1. The molecular formula is C86H100BN3. The van der Waals surface area contributed by atoms with Crippen LogP contribution in [0.4, 0.5) is 34.1 Å². The van der Waals surface area contributed by atoms with Crippen molar-refractivity contribution in [2.45, 2.75) is 209 Å². The highest BCUT2D eigenvalue weighted by Gasteiger charge is 2.47. The summed E-state index contributed by atoms with van der Waals surface area (Å²) in [5, 5.41) is 2.56. The van der Waals surface area contributed by atoms with Gasteiger partial charge < -0.3 is 14.4 Å². The van der Waals surface area contributed by atoms with E-state index in [2.05, 4.69) is 350 Å². The van der Waals surface area contributed by atoms with Crippen LogP contribution >= 0.6 is 0 Å². The highest BCUT2D eigenvalue weighted by molar-refractivity contribution is 7.00. The van der Waals surface area contributed by atoms with Crippen LogP contribution in [0.25, 0.3) is 49.7 Å². The topological polar surface area (TPSA) is 11.4 Å². The molecule has 0 saturated carbocycles. The van der Waals surface area contributed by atoms with Gasteiger partial charge in [-0.15, -0.1) is 0 Å². The average molecular weight is 1190 g/mol. The van der Waals surface area contributed by atoms with Crippen LogP contribution in [-0.4, -0.2) is 11.3 Å². The summed E-state index contributed by atoms with van der Waals surface area (Å²) in [4.78, 5) is 5.45. The van der Waals surface area contributed by atoms with Gasteiger partial charge >= 0.3 is 0 Å². The molecule has 3 nitrogen and oxygen atoms in total. The minimum Gasteiger partial charge on any atom is -0.311 e. The Bertz CT molecular complexity index is 4130. The predicted octanol–water partition coefficient (Wildman–Crippen LogP) is 22.6. The van der Waals surface area contributed by atoms with Crippen LogP contribution in [0.1, 0.15) is 211 Å². The van der Waals surface area contributed by atoms with Crippen molar-refractivity contribution in [2.24, 2.45) is 0 Å². The van der Waals surface area contributed by atoms with Crippen molar-refractivity contribution in [1.29, 1.82) is 0 Å². The summed E-state index contributed by atoms with van der Waals surface area (Å²) in [5.41, 5.74) is 29.3. The molecule has 0 amide bonds. The number of rotatable bonds is 5. The summed E-state index contributed by atoms with van der Waals surface area (Å²) in [7, 11) is 0. The lowest BCUT2D eigenvalue weighted by Crippen LogP contribution is -2.61. The van der Waals surface area contributed by atoms with Crippen LogP contribution < -0.4 is 26.2 Å². The maximum Gasteiger partial charge on any atom is 0.252 e. The second kappa shape index (κ2) is 21.0. The smallest absolute Gasteiger partial charge is 0.252 e. The third kappa shape index (κ3) is 11.0. The molecule has 3 heterocycles. The van der Waals surface area contributed by atoms with Gasteiger partial charge in [0.05, 0.1) is 16.7 Å². The minimum absolute atomic E-state index is 0.0450. The maximum absolute atomic E-state index is 2.73. The number of hydrogen-bond donors (Lipinski definition) is 0. The summed E-state index contributed by atoms with van der Waals surface area (Å²) in [5.74, 6) is 0. The van der Waals surface area contributed by atoms with E-state index in [1.807, 2.05) is 0 Å². The van der Waals surface area contributed by atoms with Crippen molar-refractivity contribution in [3.63, 3.8) is 0 Å². The van der Waals surface area contributed by atoms with E-state index in [0.29, 0.717) is 0 Å². The Kier molecular flexibility index (Phi) is 14.6. The minimum atomic E-state index is -0.212. The second-order valence-corrected chi connectivity index (χ2v) is 35.0. The Labute approximate surface area is 542 Å². The summed E-state index contributed by atoms with van der Waals surface area (Å²) in [6.07, 6.45) is 0. The lowest BCUT2D eigenvalue weighted by Gasteiger charge is -2.46. The van der Waals surface area contributed by atoms with E-state index < -0.39 is 0 Å². The number of nitrogens with zero attached hydrogens (tertiary/aromatic N) is 3. The molecule has 90 heavy (non-hydrogen) atoms. The SMILES string of the molecule is CC(C)(C)c1cc(N2c3cc(C(C)(C)C)c(-c4ccccc4)cc3B3c4cc(-c5ccccc5)c(C(C)(C)C)cc4N(c4cc(C(C)(C)C)cc(C(C)(C)C)c4)c4cc(-n5c6ccc(C(C)(C)C)cc6c6cc(C(C)(C)C)ccc65)cc2c43)cc(C(C)(C)C)c1. The Morgan fingerprint density at radius 2 is 0.589 bits per heavy atom. The van der Waals surface area contributed by atoms with Gasteiger partial charge in [-0.05, 0) is 199 Å².